The average Bonchev–Trinajstić information content (AvgIpc) is 3.08. The third kappa shape index (κ3) is 4.28. The van der Waals surface area contributed by atoms with Crippen molar-refractivity contribution in [3.63, 3.8) is 0 Å². The van der Waals surface area contributed by atoms with E-state index < -0.39 is 0 Å². The van der Waals surface area contributed by atoms with E-state index in [2.05, 4.69) is 17.1 Å². The second-order valence-corrected chi connectivity index (χ2v) is 6.69. The van der Waals surface area contributed by atoms with Crippen LogP contribution in [-0.2, 0) is 29.5 Å². The number of hydrogen-bond acceptors (Lipinski definition) is 4. The Balaban J connectivity index is 1.58. The predicted octanol–water partition coefficient (Wildman–Crippen LogP) is 1.48. The first-order valence-corrected chi connectivity index (χ1v) is 8.90. The molecule has 1 amide bonds. The van der Waals surface area contributed by atoms with Gasteiger partial charge < -0.3 is 9.64 Å². The number of aryl methyl sites for hydroxylation is 2. The standard InChI is InChI=1S/C18H27N5O2/c1-14-17(15(2)21(3)20-14)6-7-18(24)22-9-5-11-25-16(12-22)13-23-10-4-8-19-23/h4,8,10,16H,5-7,9,11-13H2,1-3H3/t16-/m1/s1. The summed E-state index contributed by atoms with van der Waals surface area (Å²) >= 11 is 0. The maximum absolute atomic E-state index is 12.7. The van der Waals surface area contributed by atoms with Crippen LogP contribution in [-0.4, -0.2) is 56.2 Å². The van der Waals surface area contributed by atoms with Gasteiger partial charge in [-0.15, -0.1) is 0 Å². The highest BCUT2D eigenvalue weighted by Crippen LogP contribution is 2.16. The van der Waals surface area contributed by atoms with Crippen LogP contribution in [0, 0.1) is 13.8 Å². The van der Waals surface area contributed by atoms with Crippen LogP contribution in [0.2, 0.25) is 0 Å². The molecule has 25 heavy (non-hydrogen) atoms. The summed E-state index contributed by atoms with van der Waals surface area (Å²) in [6.45, 7) is 6.82. The fourth-order valence-electron chi connectivity index (χ4n) is 3.42. The van der Waals surface area contributed by atoms with E-state index in [1.54, 1.807) is 6.20 Å². The summed E-state index contributed by atoms with van der Waals surface area (Å²) in [6, 6.07) is 1.90. The number of ether oxygens (including phenoxy) is 1. The molecule has 1 aliphatic rings. The van der Waals surface area contributed by atoms with Crippen LogP contribution in [0.1, 0.15) is 29.8 Å². The molecular weight excluding hydrogens is 318 g/mol. The molecule has 0 spiro atoms. The molecule has 1 saturated heterocycles. The summed E-state index contributed by atoms with van der Waals surface area (Å²) in [4.78, 5) is 14.7. The normalized spacial score (nSPS) is 18.4. The van der Waals surface area contributed by atoms with Gasteiger partial charge >= 0.3 is 0 Å². The lowest BCUT2D eigenvalue weighted by Gasteiger charge is -2.24. The Hall–Kier alpha value is -2.15. The SMILES string of the molecule is Cc1nn(C)c(C)c1CCC(=O)N1CCCO[C@@H](Cn2cccn2)C1. The average molecular weight is 345 g/mol. The van der Waals surface area contributed by atoms with Gasteiger partial charge in [-0.3, -0.25) is 14.2 Å². The van der Waals surface area contributed by atoms with Crippen molar-refractivity contribution in [1.29, 1.82) is 0 Å². The Labute approximate surface area is 148 Å². The number of aromatic nitrogens is 4. The van der Waals surface area contributed by atoms with Crippen molar-refractivity contribution in [1.82, 2.24) is 24.5 Å². The number of hydrogen-bond donors (Lipinski definition) is 0. The highest BCUT2D eigenvalue weighted by Gasteiger charge is 2.23. The molecule has 0 saturated carbocycles. The van der Waals surface area contributed by atoms with Gasteiger partial charge in [0.05, 0.1) is 18.3 Å². The van der Waals surface area contributed by atoms with Gasteiger partial charge in [-0.05, 0) is 38.3 Å². The van der Waals surface area contributed by atoms with Crippen molar-refractivity contribution in [3.05, 3.63) is 35.4 Å². The number of rotatable bonds is 5. The molecule has 0 unspecified atom stereocenters. The molecule has 0 aromatic carbocycles. The van der Waals surface area contributed by atoms with E-state index in [9.17, 15) is 4.79 Å². The first-order valence-electron chi connectivity index (χ1n) is 8.90. The third-order valence-electron chi connectivity index (χ3n) is 4.90. The quantitative estimate of drug-likeness (QED) is 0.823. The van der Waals surface area contributed by atoms with Gasteiger partial charge in [0.25, 0.3) is 0 Å². The first-order chi connectivity index (χ1) is 12.0. The first kappa shape index (κ1) is 17.7. The van der Waals surface area contributed by atoms with Crippen LogP contribution in [0.5, 0.6) is 0 Å². The number of carbonyl (C=O) groups is 1. The lowest BCUT2D eigenvalue weighted by Crippen LogP contribution is -2.38. The molecule has 136 valence electrons. The van der Waals surface area contributed by atoms with E-state index in [0.717, 1.165) is 30.8 Å². The van der Waals surface area contributed by atoms with Crippen LogP contribution in [0.4, 0.5) is 0 Å². The van der Waals surface area contributed by atoms with Crippen molar-refractivity contribution in [2.24, 2.45) is 7.05 Å². The summed E-state index contributed by atoms with van der Waals surface area (Å²) in [5.41, 5.74) is 3.35. The minimum Gasteiger partial charge on any atom is -0.374 e. The van der Waals surface area contributed by atoms with Crippen LogP contribution >= 0.6 is 0 Å². The molecule has 3 rings (SSSR count). The Morgan fingerprint density at radius 1 is 1.40 bits per heavy atom. The topological polar surface area (TPSA) is 65.2 Å². The van der Waals surface area contributed by atoms with Crippen molar-refractivity contribution >= 4 is 5.91 Å². The summed E-state index contributed by atoms with van der Waals surface area (Å²) in [6.07, 6.45) is 5.82. The summed E-state index contributed by atoms with van der Waals surface area (Å²) in [5, 5.41) is 8.66. The summed E-state index contributed by atoms with van der Waals surface area (Å²) < 4.78 is 9.64. The zero-order valence-electron chi connectivity index (χ0n) is 15.3. The zero-order chi connectivity index (χ0) is 17.8. The number of amides is 1. The van der Waals surface area contributed by atoms with Gasteiger partial charge in [0.1, 0.15) is 0 Å². The molecule has 0 aliphatic carbocycles. The van der Waals surface area contributed by atoms with E-state index in [-0.39, 0.29) is 12.0 Å². The monoisotopic (exact) mass is 345 g/mol. The second-order valence-electron chi connectivity index (χ2n) is 6.69. The molecule has 1 fully saturated rings. The minimum absolute atomic E-state index is 0.00628. The van der Waals surface area contributed by atoms with Crippen LogP contribution in [0.3, 0.4) is 0 Å². The Morgan fingerprint density at radius 3 is 2.92 bits per heavy atom. The van der Waals surface area contributed by atoms with Gasteiger partial charge in [0.2, 0.25) is 5.91 Å². The van der Waals surface area contributed by atoms with Crippen molar-refractivity contribution in [2.45, 2.75) is 45.8 Å². The second kappa shape index (κ2) is 7.82. The molecule has 1 aliphatic heterocycles. The lowest BCUT2D eigenvalue weighted by molar-refractivity contribution is -0.132. The van der Waals surface area contributed by atoms with E-state index in [4.69, 9.17) is 4.74 Å². The molecular formula is C18H27N5O2. The predicted molar refractivity (Wildman–Crippen MR) is 94.2 cm³/mol. The molecule has 3 heterocycles. The van der Waals surface area contributed by atoms with Gasteiger partial charge in [0, 0.05) is 51.3 Å². The van der Waals surface area contributed by atoms with Crippen molar-refractivity contribution in [2.75, 3.05) is 19.7 Å². The number of carbonyl (C=O) groups excluding carboxylic acids is 1. The van der Waals surface area contributed by atoms with Crippen LogP contribution in [0.15, 0.2) is 18.5 Å². The van der Waals surface area contributed by atoms with E-state index in [1.807, 2.05) is 40.5 Å². The molecule has 2 aromatic rings. The smallest absolute Gasteiger partial charge is 0.222 e. The molecule has 0 bridgehead atoms. The molecule has 1 atom stereocenters. The molecule has 7 nitrogen and oxygen atoms in total. The third-order valence-corrected chi connectivity index (χ3v) is 4.90. The maximum Gasteiger partial charge on any atom is 0.222 e. The molecule has 7 heteroatoms. The Morgan fingerprint density at radius 2 is 2.24 bits per heavy atom. The summed E-state index contributed by atoms with van der Waals surface area (Å²) in [5.74, 6) is 0.193. The molecule has 2 aromatic heterocycles. The van der Waals surface area contributed by atoms with Crippen LogP contribution < -0.4 is 0 Å². The fraction of sp³-hybridized carbons (Fsp3) is 0.611. The van der Waals surface area contributed by atoms with E-state index in [0.29, 0.717) is 26.1 Å². The zero-order valence-corrected chi connectivity index (χ0v) is 15.3. The maximum atomic E-state index is 12.7. The van der Waals surface area contributed by atoms with Gasteiger partial charge in [0.15, 0.2) is 0 Å². The van der Waals surface area contributed by atoms with Crippen molar-refractivity contribution in [3.8, 4) is 0 Å². The molecule has 0 N–H and O–H groups in total. The highest BCUT2D eigenvalue weighted by molar-refractivity contribution is 5.76. The van der Waals surface area contributed by atoms with Gasteiger partial charge in [-0.25, -0.2) is 0 Å². The summed E-state index contributed by atoms with van der Waals surface area (Å²) in [7, 11) is 1.94. The van der Waals surface area contributed by atoms with Gasteiger partial charge in [-0.1, -0.05) is 0 Å². The largest absolute Gasteiger partial charge is 0.374 e. The van der Waals surface area contributed by atoms with Crippen LogP contribution in [0.25, 0.3) is 0 Å². The fourth-order valence-corrected chi connectivity index (χ4v) is 3.42. The Kier molecular flexibility index (Phi) is 5.53. The Bertz CT molecular complexity index is 707. The van der Waals surface area contributed by atoms with Crippen molar-refractivity contribution < 1.29 is 9.53 Å². The lowest BCUT2D eigenvalue weighted by atomic mass is 10.1. The van der Waals surface area contributed by atoms with E-state index >= 15 is 0 Å². The number of nitrogens with zero attached hydrogens (tertiary/aromatic N) is 5. The van der Waals surface area contributed by atoms with E-state index in [1.165, 1.54) is 5.56 Å². The minimum atomic E-state index is -0.00628. The molecule has 0 radical (unpaired) electrons. The highest BCUT2D eigenvalue weighted by atomic mass is 16.5. The van der Waals surface area contributed by atoms with Gasteiger partial charge in [-0.2, -0.15) is 10.2 Å².